The van der Waals surface area contributed by atoms with Crippen LogP contribution >= 0.6 is 0 Å². The maximum Gasteiger partial charge on any atom is 0.317 e. The summed E-state index contributed by atoms with van der Waals surface area (Å²) in [6.07, 6.45) is 6.93. The smallest absolute Gasteiger partial charge is 0.317 e. The van der Waals surface area contributed by atoms with E-state index in [1.165, 1.54) is 0 Å². The molecule has 0 saturated carbocycles. The van der Waals surface area contributed by atoms with Crippen LogP contribution in [0, 0.1) is 0 Å². The lowest BCUT2D eigenvalue weighted by molar-refractivity contribution is -0.122. The lowest BCUT2D eigenvalue weighted by Gasteiger charge is -2.29. The summed E-state index contributed by atoms with van der Waals surface area (Å²) in [5.74, 6) is 0. The highest BCUT2D eigenvalue weighted by Crippen LogP contribution is 2.17. The molecule has 0 aromatic carbocycles. The van der Waals surface area contributed by atoms with Crippen molar-refractivity contribution < 1.29 is 19.4 Å². The van der Waals surface area contributed by atoms with Gasteiger partial charge in [0, 0.05) is 45.7 Å². The normalized spacial score (nSPS) is 16.0. The number of nitrogens with one attached hydrogen (secondary N) is 1. The van der Waals surface area contributed by atoms with Crippen molar-refractivity contribution in [2.24, 2.45) is 0 Å². The summed E-state index contributed by atoms with van der Waals surface area (Å²) in [7, 11) is 3.96. The van der Waals surface area contributed by atoms with Crippen LogP contribution in [0.2, 0.25) is 0 Å². The maximum atomic E-state index is 12.2. The molecule has 152 valence electrons. The first-order chi connectivity index (χ1) is 13.0. The highest BCUT2D eigenvalue weighted by Gasteiger charge is 2.18. The summed E-state index contributed by atoms with van der Waals surface area (Å²) in [5, 5.41) is 9.85. The number of rotatable bonds is 7. The van der Waals surface area contributed by atoms with Crippen LogP contribution < -0.4 is 5.32 Å². The van der Waals surface area contributed by atoms with Gasteiger partial charge in [-0.1, -0.05) is 0 Å². The first kappa shape index (κ1) is 22.9. The van der Waals surface area contributed by atoms with Crippen LogP contribution in [-0.4, -0.2) is 78.8 Å². The van der Waals surface area contributed by atoms with Gasteiger partial charge in [0.25, 0.3) is 6.47 Å². The van der Waals surface area contributed by atoms with Gasteiger partial charge in [-0.25, -0.2) is 4.79 Å². The third-order valence-corrected chi connectivity index (χ3v) is 4.71. The van der Waals surface area contributed by atoms with E-state index in [0.29, 0.717) is 19.3 Å². The molecular weight excluding hydrogens is 348 g/mol. The Morgan fingerprint density at radius 3 is 2.63 bits per heavy atom. The molecule has 1 fully saturated rings. The summed E-state index contributed by atoms with van der Waals surface area (Å²) in [5.41, 5.74) is 1.08. The number of ether oxygens (including phenoxy) is 1. The molecule has 2 heterocycles. The molecule has 1 aliphatic rings. The summed E-state index contributed by atoms with van der Waals surface area (Å²) in [6, 6.07) is 3.83. The van der Waals surface area contributed by atoms with Gasteiger partial charge in [0.1, 0.15) is 0 Å². The Bertz CT molecular complexity index is 536. The quantitative estimate of drug-likeness (QED) is 0.555. The largest absolute Gasteiger partial charge is 0.483 e. The fraction of sp³-hybridized carbons (Fsp3) is 0.632. The number of aromatic nitrogens is 1. The van der Waals surface area contributed by atoms with E-state index >= 15 is 0 Å². The molecule has 1 aliphatic heterocycles. The van der Waals surface area contributed by atoms with Gasteiger partial charge >= 0.3 is 6.03 Å². The number of nitrogens with zero attached hydrogens (tertiary/aromatic N) is 3. The minimum atomic E-state index is -0.250. The molecule has 1 atom stereocenters. The standard InChI is InChI=1S/C18H30N4O2.CH2O2/c1-15(16-5-10-19-11-6-16)22(3)18(23)20-9-4-14-24-17-7-12-21(2)13-8-17;2-1-3/h5-6,10-11,15,17H,4,7-9,12-14H2,1-3H3,(H,20,23);1H,(H,2,3). The number of amides is 2. The molecule has 1 aromatic heterocycles. The van der Waals surface area contributed by atoms with E-state index in [1.807, 2.05) is 26.1 Å². The first-order valence-corrected chi connectivity index (χ1v) is 9.28. The van der Waals surface area contributed by atoms with Gasteiger partial charge in [0.05, 0.1) is 12.1 Å². The molecule has 0 aliphatic carbocycles. The van der Waals surface area contributed by atoms with Crippen LogP contribution in [0.4, 0.5) is 4.79 Å². The summed E-state index contributed by atoms with van der Waals surface area (Å²) < 4.78 is 5.89. The minimum Gasteiger partial charge on any atom is -0.483 e. The number of likely N-dealkylation sites (tertiary alicyclic amines) is 1. The first-order valence-electron chi connectivity index (χ1n) is 9.28. The molecule has 0 radical (unpaired) electrons. The van der Waals surface area contributed by atoms with E-state index in [1.54, 1.807) is 17.3 Å². The zero-order valence-electron chi connectivity index (χ0n) is 16.5. The van der Waals surface area contributed by atoms with Crippen LogP contribution in [0.5, 0.6) is 0 Å². The van der Waals surface area contributed by atoms with Crippen LogP contribution in [0.1, 0.15) is 37.8 Å². The predicted octanol–water partition coefficient (Wildman–Crippen LogP) is 1.99. The summed E-state index contributed by atoms with van der Waals surface area (Å²) in [6.45, 7) is 5.33. The number of piperidine rings is 1. The molecule has 0 bridgehead atoms. The number of carbonyl (C=O) groups is 2. The third kappa shape index (κ3) is 8.83. The Balaban J connectivity index is 0.00000114. The molecule has 0 spiro atoms. The number of carbonyl (C=O) groups excluding carboxylic acids is 1. The van der Waals surface area contributed by atoms with Gasteiger partial charge in [-0.15, -0.1) is 0 Å². The number of hydrogen-bond acceptors (Lipinski definition) is 5. The van der Waals surface area contributed by atoms with Gasteiger partial charge < -0.3 is 25.0 Å². The van der Waals surface area contributed by atoms with Crippen molar-refractivity contribution in [2.45, 2.75) is 38.3 Å². The summed E-state index contributed by atoms with van der Waals surface area (Å²) >= 11 is 0. The van der Waals surface area contributed by atoms with Gasteiger partial charge in [-0.2, -0.15) is 0 Å². The van der Waals surface area contributed by atoms with Crippen LogP contribution in [0.15, 0.2) is 24.5 Å². The lowest BCUT2D eigenvalue weighted by atomic mass is 10.1. The molecular formula is C19H32N4O4. The molecule has 1 aromatic rings. The van der Waals surface area contributed by atoms with E-state index in [-0.39, 0.29) is 18.5 Å². The Hall–Kier alpha value is -2.19. The van der Waals surface area contributed by atoms with Gasteiger partial charge in [-0.05, 0) is 50.9 Å². The Kier molecular flexibility index (Phi) is 11.0. The van der Waals surface area contributed by atoms with Crippen LogP contribution in [-0.2, 0) is 9.53 Å². The topological polar surface area (TPSA) is 95.0 Å². The molecule has 1 unspecified atom stereocenters. The number of carboxylic acid groups (broad SMARTS) is 1. The fourth-order valence-electron chi connectivity index (χ4n) is 2.84. The van der Waals surface area contributed by atoms with E-state index in [2.05, 4.69) is 22.2 Å². The van der Waals surface area contributed by atoms with Crippen molar-refractivity contribution in [3.05, 3.63) is 30.1 Å². The number of urea groups is 1. The number of hydrogen-bond donors (Lipinski definition) is 2. The van der Waals surface area contributed by atoms with Gasteiger partial charge in [0.15, 0.2) is 0 Å². The van der Waals surface area contributed by atoms with Crippen LogP contribution in [0.3, 0.4) is 0 Å². The second kappa shape index (κ2) is 13.1. The average Bonchev–Trinajstić information content (AvgIpc) is 2.69. The second-order valence-electron chi connectivity index (χ2n) is 6.63. The minimum absolute atomic E-state index is 0.0171. The van der Waals surface area contributed by atoms with Crippen molar-refractivity contribution in [1.29, 1.82) is 0 Å². The van der Waals surface area contributed by atoms with E-state index in [0.717, 1.165) is 37.9 Å². The SMILES string of the molecule is CC(c1ccncc1)N(C)C(=O)NCCCOC1CCN(C)CC1.O=CO. The number of pyridine rings is 1. The highest BCUT2D eigenvalue weighted by molar-refractivity contribution is 5.74. The lowest BCUT2D eigenvalue weighted by Crippen LogP contribution is -2.39. The molecule has 2 rings (SSSR count). The molecule has 2 amide bonds. The third-order valence-electron chi connectivity index (χ3n) is 4.71. The van der Waals surface area contributed by atoms with Crippen molar-refractivity contribution in [1.82, 2.24) is 20.1 Å². The Morgan fingerprint density at radius 1 is 1.44 bits per heavy atom. The van der Waals surface area contributed by atoms with Gasteiger partial charge in [-0.3, -0.25) is 9.78 Å². The molecule has 8 heteroatoms. The monoisotopic (exact) mass is 380 g/mol. The van der Waals surface area contributed by atoms with Gasteiger partial charge in [0.2, 0.25) is 0 Å². The maximum absolute atomic E-state index is 12.2. The average molecular weight is 380 g/mol. The van der Waals surface area contributed by atoms with Crippen molar-refractivity contribution in [3.63, 3.8) is 0 Å². The van der Waals surface area contributed by atoms with Crippen molar-refractivity contribution in [3.8, 4) is 0 Å². The van der Waals surface area contributed by atoms with E-state index in [9.17, 15) is 4.79 Å². The van der Waals surface area contributed by atoms with Crippen molar-refractivity contribution >= 4 is 12.5 Å². The molecule has 8 nitrogen and oxygen atoms in total. The fourth-order valence-corrected chi connectivity index (χ4v) is 2.84. The highest BCUT2D eigenvalue weighted by atomic mass is 16.5. The summed E-state index contributed by atoms with van der Waals surface area (Å²) in [4.78, 5) is 28.6. The second-order valence-corrected chi connectivity index (χ2v) is 6.63. The van der Waals surface area contributed by atoms with Crippen LogP contribution in [0.25, 0.3) is 0 Å². The Morgan fingerprint density at radius 2 is 2.04 bits per heavy atom. The van der Waals surface area contributed by atoms with E-state index < -0.39 is 0 Å². The van der Waals surface area contributed by atoms with Crippen molar-refractivity contribution in [2.75, 3.05) is 40.3 Å². The molecule has 1 saturated heterocycles. The molecule has 2 N–H and O–H groups in total. The predicted molar refractivity (Wildman–Crippen MR) is 104 cm³/mol. The molecule has 27 heavy (non-hydrogen) atoms. The Labute approximate surface area is 161 Å². The zero-order valence-corrected chi connectivity index (χ0v) is 16.5. The van der Waals surface area contributed by atoms with E-state index in [4.69, 9.17) is 14.6 Å². The zero-order chi connectivity index (χ0) is 20.1.